The number of nitrogens with zero attached hydrogens (tertiary/aromatic N) is 3. The number of rotatable bonds is 6. The monoisotopic (exact) mass is 282 g/mol. The number of unbranched alkanes of at least 4 members (excludes halogenated alkanes) is 1. The van der Waals surface area contributed by atoms with E-state index in [0.29, 0.717) is 0 Å². The highest BCUT2D eigenvalue weighted by atomic mass is 16.5. The van der Waals surface area contributed by atoms with Gasteiger partial charge in [-0.1, -0.05) is 0 Å². The lowest BCUT2D eigenvalue weighted by atomic mass is 10.3. The highest BCUT2D eigenvalue weighted by molar-refractivity contribution is 5.80. The number of aliphatic imine (C=N–C) groups is 1. The third-order valence-electron chi connectivity index (χ3n) is 3.99. The Kier molecular flexibility index (Phi) is 7.15. The summed E-state index contributed by atoms with van der Waals surface area (Å²) < 4.78 is 5.37. The highest BCUT2D eigenvalue weighted by Gasteiger charge is 2.15. The van der Waals surface area contributed by atoms with Crippen LogP contribution in [0.25, 0.3) is 0 Å². The van der Waals surface area contributed by atoms with E-state index in [0.717, 1.165) is 45.4 Å². The van der Waals surface area contributed by atoms with E-state index in [9.17, 15) is 0 Å². The third kappa shape index (κ3) is 5.29. The van der Waals surface area contributed by atoms with E-state index in [1.54, 1.807) is 0 Å². The molecule has 0 amide bonds. The van der Waals surface area contributed by atoms with Crippen molar-refractivity contribution in [2.75, 3.05) is 59.0 Å². The molecule has 2 aliphatic heterocycles. The average Bonchev–Trinajstić information content (AvgIpc) is 3.01. The van der Waals surface area contributed by atoms with Gasteiger partial charge in [0.25, 0.3) is 0 Å². The van der Waals surface area contributed by atoms with E-state index in [1.165, 1.54) is 45.3 Å². The fourth-order valence-corrected chi connectivity index (χ4v) is 2.81. The molecule has 2 fully saturated rings. The Morgan fingerprint density at radius 2 is 1.85 bits per heavy atom. The molecule has 0 aromatic carbocycles. The number of ether oxygens (including phenoxy) is 1. The minimum Gasteiger partial charge on any atom is -0.379 e. The van der Waals surface area contributed by atoms with Gasteiger partial charge in [-0.25, -0.2) is 0 Å². The van der Waals surface area contributed by atoms with Crippen LogP contribution < -0.4 is 5.32 Å². The van der Waals surface area contributed by atoms with Crippen molar-refractivity contribution in [3.63, 3.8) is 0 Å². The van der Waals surface area contributed by atoms with Crippen molar-refractivity contribution in [3.05, 3.63) is 0 Å². The van der Waals surface area contributed by atoms with Crippen LogP contribution in [0.1, 0.15) is 32.6 Å². The first-order valence-corrected chi connectivity index (χ1v) is 8.23. The van der Waals surface area contributed by atoms with E-state index in [-0.39, 0.29) is 0 Å². The molecule has 2 heterocycles. The molecule has 20 heavy (non-hydrogen) atoms. The van der Waals surface area contributed by atoms with Gasteiger partial charge in [0.05, 0.1) is 13.2 Å². The maximum Gasteiger partial charge on any atom is 0.193 e. The third-order valence-corrected chi connectivity index (χ3v) is 3.99. The predicted molar refractivity (Wildman–Crippen MR) is 83.3 cm³/mol. The van der Waals surface area contributed by atoms with E-state index >= 15 is 0 Å². The van der Waals surface area contributed by atoms with Crippen LogP contribution in [-0.4, -0.2) is 74.8 Å². The molecule has 0 atom stereocenters. The second-order valence-corrected chi connectivity index (χ2v) is 5.59. The number of nitrogens with one attached hydrogen (secondary N) is 1. The fraction of sp³-hybridized carbons (Fsp3) is 0.933. The van der Waals surface area contributed by atoms with Gasteiger partial charge in [0.15, 0.2) is 5.96 Å². The molecule has 0 aliphatic carbocycles. The Balaban J connectivity index is 1.62. The lowest BCUT2D eigenvalue weighted by Gasteiger charge is -2.26. The first kappa shape index (κ1) is 15.6. The van der Waals surface area contributed by atoms with Crippen molar-refractivity contribution in [2.45, 2.75) is 32.6 Å². The van der Waals surface area contributed by atoms with Crippen molar-refractivity contribution in [1.82, 2.24) is 15.1 Å². The molecular weight excluding hydrogens is 252 g/mol. The molecule has 116 valence electrons. The molecular formula is C15H30N4O. The van der Waals surface area contributed by atoms with Crippen LogP contribution in [0.2, 0.25) is 0 Å². The van der Waals surface area contributed by atoms with Gasteiger partial charge in [-0.2, -0.15) is 0 Å². The second-order valence-electron chi connectivity index (χ2n) is 5.59. The van der Waals surface area contributed by atoms with E-state index in [4.69, 9.17) is 9.73 Å². The summed E-state index contributed by atoms with van der Waals surface area (Å²) in [6.07, 6.45) is 5.03. The van der Waals surface area contributed by atoms with E-state index < -0.39 is 0 Å². The van der Waals surface area contributed by atoms with Crippen LogP contribution in [0.15, 0.2) is 4.99 Å². The van der Waals surface area contributed by atoms with Gasteiger partial charge in [0.1, 0.15) is 0 Å². The van der Waals surface area contributed by atoms with Gasteiger partial charge in [-0.3, -0.25) is 9.89 Å². The maximum atomic E-state index is 5.37. The molecule has 0 aromatic rings. The Morgan fingerprint density at radius 1 is 1.10 bits per heavy atom. The van der Waals surface area contributed by atoms with Crippen molar-refractivity contribution < 1.29 is 4.74 Å². The topological polar surface area (TPSA) is 40.1 Å². The van der Waals surface area contributed by atoms with Gasteiger partial charge < -0.3 is 15.0 Å². The summed E-state index contributed by atoms with van der Waals surface area (Å²) in [6.45, 7) is 11.6. The second kappa shape index (κ2) is 9.19. The molecule has 0 saturated carbocycles. The number of likely N-dealkylation sites (tertiary alicyclic amines) is 1. The van der Waals surface area contributed by atoms with E-state index in [1.807, 2.05) is 0 Å². The number of hydrogen-bond donors (Lipinski definition) is 1. The van der Waals surface area contributed by atoms with Gasteiger partial charge in [-0.15, -0.1) is 0 Å². The zero-order chi connectivity index (χ0) is 14.0. The van der Waals surface area contributed by atoms with Gasteiger partial charge in [-0.05, 0) is 39.2 Å². The lowest BCUT2D eigenvalue weighted by Crippen LogP contribution is -2.39. The summed E-state index contributed by atoms with van der Waals surface area (Å²) >= 11 is 0. The Hall–Kier alpha value is -0.810. The number of hydrogen-bond acceptors (Lipinski definition) is 3. The molecule has 2 aliphatic rings. The summed E-state index contributed by atoms with van der Waals surface area (Å²) in [5.74, 6) is 1.12. The van der Waals surface area contributed by atoms with Gasteiger partial charge in [0, 0.05) is 39.3 Å². The highest BCUT2D eigenvalue weighted by Crippen LogP contribution is 2.07. The number of guanidine groups is 1. The SMILES string of the molecule is CCNC(=NCCCCN1CCOCC1)N1CCCC1. The summed E-state index contributed by atoms with van der Waals surface area (Å²) in [7, 11) is 0. The summed E-state index contributed by atoms with van der Waals surface area (Å²) in [6, 6.07) is 0. The van der Waals surface area contributed by atoms with Crippen LogP contribution in [0.4, 0.5) is 0 Å². The maximum absolute atomic E-state index is 5.37. The van der Waals surface area contributed by atoms with Crippen molar-refractivity contribution in [3.8, 4) is 0 Å². The molecule has 5 heteroatoms. The van der Waals surface area contributed by atoms with Gasteiger partial charge >= 0.3 is 0 Å². The molecule has 0 unspecified atom stereocenters. The van der Waals surface area contributed by atoms with E-state index in [2.05, 4.69) is 22.0 Å². The predicted octanol–water partition coefficient (Wildman–Crippen LogP) is 1.16. The Morgan fingerprint density at radius 3 is 2.55 bits per heavy atom. The molecule has 0 aromatic heterocycles. The number of morpholine rings is 1. The lowest BCUT2D eigenvalue weighted by molar-refractivity contribution is 0.0373. The summed E-state index contributed by atoms with van der Waals surface area (Å²) in [5.41, 5.74) is 0. The molecule has 0 bridgehead atoms. The van der Waals surface area contributed by atoms with Gasteiger partial charge in [0.2, 0.25) is 0 Å². The molecule has 5 nitrogen and oxygen atoms in total. The molecule has 2 rings (SSSR count). The average molecular weight is 282 g/mol. The summed E-state index contributed by atoms with van der Waals surface area (Å²) in [4.78, 5) is 9.66. The minimum atomic E-state index is 0.900. The van der Waals surface area contributed by atoms with Crippen molar-refractivity contribution in [1.29, 1.82) is 0 Å². The van der Waals surface area contributed by atoms with Crippen LogP contribution in [0.3, 0.4) is 0 Å². The smallest absolute Gasteiger partial charge is 0.193 e. The molecule has 1 N–H and O–H groups in total. The first-order valence-electron chi connectivity index (χ1n) is 8.23. The largest absolute Gasteiger partial charge is 0.379 e. The minimum absolute atomic E-state index is 0.900. The Bertz CT molecular complexity index is 284. The fourth-order valence-electron chi connectivity index (χ4n) is 2.81. The normalized spacial score (nSPS) is 21.4. The molecule has 0 spiro atoms. The molecule has 0 radical (unpaired) electrons. The van der Waals surface area contributed by atoms with Crippen molar-refractivity contribution >= 4 is 5.96 Å². The summed E-state index contributed by atoms with van der Waals surface area (Å²) in [5, 5.41) is 3.41. The quantitative estimate of drug-likeness (QED) is 0.451. The Labute approximate surface area is 123 Å². The van der Waals surface area contributed by atoms with Crippen LogP contribution in [-0.2, 0) is 4.74 Å². The van der Waals surface area contributed by atoms with Crippen LogP contribution >= 0.6 is 0 Å². The first-order chi connectivity index (χ1) is 9.90. The molecule has 2 saturated heterocycles. The standard InChI is InChI=1S/C15H30N4O/c1-2-16-15(19-9-5-6-10-19)17-7-3-4-8-18-11-13-20-14-12-18/h2-14H2,1H3,(H,16,17). The van der Waals surface area contributed by atoms with Crippen LogP contribution in [0.5, 0.6) is 0 Å². The zero-order valence-electron chi connectivity index (χ0n) is 12.9. The zero-order valence-corrected chi connectivity index (χ0v) is 12.9. The van der Waals surface area contributed by atoms with Crippen LogP contribution in [0, 0.1) is 0 Å². The van der Waals surface area contributed by atoms with Crippen molar-refractivity contribution in [2.24, 2.45) is 4.99 Å².